The van der Waals surface area contributed by atoms with Crippen molar-refractivity contribution in [3.8, 4) is 5.75 Å². The van der Waals surface area contributed by atoms with Crippen LogP contribution in [-0.2, 0) is 11.9 Å². The average Bonchev–Trinajstić information content (AvgIpc) is 2.45. The van der Waals surface area contributed by atoms with Crippen molar-refractivity contribution in [2.24, 2.45) is 0 Å². The normalized spacial score (nSPS) is 10.4. The van der Waals surface area contributed by atoms with Crippen molar-refractivity contribution in [2.75, 3.05) is 0 Å². The zero-order valence-electron chi connectivity index (χ0n) is 10.7. The molecule has 0 heterocycles. The molecule has 0 atom stereocenters. The Hall–Kier alpha value is -1.47. The lowest BCUT2D eigenvalue weighted by Gasteiger charge is -2.09. The smallest absolute Gasteiger partial charge is 0.272 e. The van der Waals surface area contributed by atoms with Gasteiger partial charge in [-0.25, -0.2) is 4.39 Å². The topological polar surface area (TPSA) is 52.4 Å². The highest BCUT2D eigenvalue weighted by atomic mass is 79.9. The summed E-state index contributed by atoms with van der Waals surface area (Å²) in [7, 11) is 0. The lowest BCUT2D eigenvalue weighted by Crippen LogP contribution is -1.99. The number of alkyl halides is 1. The molecule has 110 valence electrons. The van der Waals surface area contributed by atoms with Crippen molar-refractivity contribution in [1.29, 1.82) is 0 Å². The standard InChI is InChI=1S/C14H10Br2FNO3/c15-7-10-5-13(1-2-14(10)16)21-8-9-3-11(17)6-12(4-9)18(19)20/h1-6H,7-8H2. The number of benzene rings is 2. The molecule has 0 aromatic heterocycles. The van der Waals surface area contributed by atoms with Crippen LogP contribution < -0.4 is 4.74 Å². The highest BCUT2D eigenvalue weighted by molar-refractivity contribution is 9.10. The van der Waals surface area contributed by atoms with Gasteiger partial charge in [-0.3, -0.25) is 10.1 Å². The highest BCUT2D eigenvalue weighted by Crippen LogP contribution is 2.25. The summed E-state index contributed by atoms with van der Waals surface area (Å²) in [6.07, 6.45) is 0. The number of halogens is 3. The Kier molecular flexibility index (Phi) is 5.30. The summed E-state index contributed by atoms with van der Waals surface area (Å²) >= 11 is 6.77. The molecule has 0 aliphatic carbocycles. The fraction of sp³-hybridized carbons (Fsp3) is 0.143. The Morgan fingerprint density at radius 1 is 1.24 bits per heavy atom. The zero-order chi connectivity index (χ0) is 15.4. The fourth-order valence-corrected chi connectivity index (χ4v) is 2.96. The maximum Gasteiger partial charge on any atom is 0.272 e. The molecule has 21 heavy (non-hydrogen) atoms. The van der Waals surface area contributed by atoms with E-state index in [0.29, 0.717) is 16.6 Å². The number of non-ortho nitro benzene ring substituents is 1. The Labute approximate surface area is 137 Å². The van der Waals surface area contributed by atoms with Crippen LogP contribution in [0.15, 0.2) is 40.9 Å². The molecule has 2 rings (SSSR count). The number of nitro benzene ring substituents is 1. The van der Waals surface area contributed by atoms with Crippen molar-refractivity contribution in [3.05, 3.63) is 67.9 Å². The Balaban J connectivity index is 2.14. The summed E-state index contributed by atoms with van der Waals surface area (Å²) in [4.78, 5) is 10.1. The number of nitrogens with zero attached hydrogens (tertiary/aromatic N) is 1. The van der Waals surface area contributed by atoms with Gasteiger partial charge in [-0.15, -0.1) is 0 Å². The van der Waals surface area contributed by atoms with Gasteiger partial charge in [0, 0.05) is 15.9 Å². The zero-order valence-corrected chi connectivity index (χ0v) is 13.9. The van der Waals surface area contributed by atoms with Gasteiger partial charge in [0.15, 0.2) is 0 Å². The fourth-order valence-electron chi connectivity index (χ4n) is 1.73. The van der Waals surface area contributed by atoms with Gasteiger partial charge in [0.1, 0.15) is 18.2 Å². The number of rotatable bonds is 5. The maximum absolute atomic E-state index is 13.3. The number of hydrogen-bond acceptors (Lipinski definition) is 3. The van der Waals surface area contributed by atoms with E-state index < -0.39 is 10.7 Å². The van der Waals surface area contributed by atoms with Crippen LogP contribution in [0.3, 0.4) is 0 Å². The van der Waals surface area contributed by atoms with Crippen LogP contribution in [0.4, 0.5) is 10.1 Å². The van der Waals surface area contributed by atoms with Gasteiger partial charge in [-0.1, -0.05) is 31.9 Å². The van der Waals surface area contributed by atoms with Crippen LogP contribution in [0.2, 0.25) is 0 Å². The van der Waals surface area contributed by atoms with Crippen molar-refractivity contribution < 1.29 is 14.1 Å². The molecule has 4 nitrogen and oxygen atoms in total. The van der Waals surface area contributed by atoms with Crippen LogP contribution in [0.5, 0.6) is 5.75 Å². The molecule has 2 aromatic carbocycles. The van der Waals surface area contributed by atoms with E-state index >= 15 is 0 Å². The van der Waals surface area contributed by atoms with Gasteiger partial charge in [-0.2, -0.15) is 0 Å². The third kappa shape index (κ3) is 4.25. The van der Waals surface area contributed by atoms with E-state index in [4.69, 9.17) is 4.74 Å². The van der Waals surface area contributed by atoms with Gasteiger partial charge in [0.05, 0.1) is 11.0 Å². The summed E-state index contributed by atoms with van der Waals surface area (Å²) in [5.41, 5.74) is 1.13. The molecule has 0 radical (unpaired) electrons. The van der Waals surface area contributed by atoms with E-state index in [0.717, 1.165) is 16.1 Å². The summed E-state index contributed by atoms with van der Waals surface area (Å²) in [5, 5.41) is 11.4. The molecule has 0 N–H and O–H groups in total. The Morgan fingerprint density at radius 3 is 2.67 bits per heavy atom. The first-order valence-corrected chi connectivity index (χ1v) is 7.82. The summed E-state index contributed by atoms with van der Waals surface area (Å²) in [6, 6.07) is 8.85. The molecule has 0 spiro atoms. The minimum Gasteiger partial charge on any atom is -0.489 e. The van der Waals surface area contributed by atoms with E-state index in [1.165, 1.54) is 12.1 Å². The number of nitro groups is 1. The molecule has 0 aliphatic rings. The monoisotopic (exact) mass is 417 g/mol. The van der Waals surface area contributed by atoms with Crippen molar-refractivity contribution >= 4 is 37.5 Å². The van der Waals surface area contributed by atoms with E-state index in [-0.39, 0.29) is 12.3 Å². The van der Waals surface area contributed by atoms with Crippen LogP contribution in [0.1, 0.15) is 11.1 Å². The summed E-state index contributed by atoms with van der Waals surface area (Å²) in [5.74, 6) is -0.0423. The summed E-state index contributed by atoms with van der Waals surface area (Å²) in [6.45, 7) is 0.0575. The second-order valence-corrected chi connectivity index (χ2v) is 5.67. The quantitative estimate of drug-likeness (QED) is 0.391. The van der Waals surface area contributed by atoms with Gasteiger partial charge in [-0.05, 0) is 35.4 Å². The van der Waals surface area contributed by atoms with E-state index in [2.05, 4.69) is 31.9 Å². The first-order valence-electron chi connectivity index (χ1n) is 5.90. The maximum atomic E-state index is 13.3. The van der Waals surface area contributed by atoms with Gasteiger partial charge in [0.2, 0.25) is 0 Å². The van der Waals surface area contributed by atoms with Crippen molar-refractivity contribution in [1.82, 2.24) is 0 Å². The lowest BCUT2D eigenvalue weighted by atomic mass is 10.2. The highest BCUT2D eigenvalue weighted by Gasteiger charge is 2.10. The van der Waals surface area contributed by atoms with Gasteiger partial charge >= 0.3 is 0 Å². The SMILES string of the molecule is O=[N+]([O-])c1cc(F)cc(COc2ccc(Br)c(CBr)c2)c1. The Bertz CT molecular complexity index is 679. The third-order valence-corrected chi connectivity index (χ3v) is 4.10. The average molecular weight is 419 g/mol. The van der Waals surface area contributed by atoms with E-state index in [9.17, 15) is 14.5 Å². The molecule has 0 saturated carbocycles. The third-order valence-electron chi connectivity index (χ3n) is 2.72. The first-order chi connectivity index (χ1) is 9.99. The molecular formula is C14H10Br2FNO3. The largest absolute Gasteiger partial charge is 0.489 e. The predicted octanol–water partition coefficient (Wildman–Crippen LogP) is 4.97. The molecular weight excluding hydrogens is 409 g/mol. The molecule has 0 bridgehead atoms. The molecule has 2 aromatic rings. The lowest BCUT2D eigenvalue weighted by molar-refractivity contribution is -0.385. The second-order valence-electron chi connectivity index (χ2n) is 4.25. The van der Waals surface area contributed by atoms with E-state index in [1.807, 2.05) is 12.1 Å². The minimum absolute atomic E-state index is 0.0575. The Morgan fingerprint density at radius 2 is 2.00 bits per heavy atom. The minimum atomic E-state index is -0.653. The first kappa shape index (κ1) is 15.9. The molecule has 7 heteroatoms. The predicted molar refractivity (Wildman–Crippen MR) is 84.2 cm³/mol. The summed E-state index contributed by atoms with van der Waals surface area (Å²) < 4.78 is 19.8. The van der Waals surface area contributed by atoms with Crippen molar-refractivity contribution in [2.45, 2.75) is 11.9 Å². The van der Waals surface area contributed by atoms with Crippen LogP contribution in [-0.4, -0.2) is 4.92 Å². The van der Waals surface area contributed by atoms with Gasteiger partial charge < -0.3 is 4.74 Å². The molecule has 0 amide bonds. The molecule has 0 aliphatic heterocycles. The molecule has 0 fully saturated rings. The van der Waals surface area contributed by atoms with Crippen LogP contribution in [0, 0.1) is 15.9 Å². The van der Waals surface area contributed by atoms with Gasteiger partial charge in [0.25, 0.3) is 5.69 Å². The number of ether oxygens (including phenoxy) is 1. The van der Waals surface area contributed by atoms with Crippen molar-refractivity contribution in [3.63, 3.8) is 0 Å². The molecule has 0 unspecified atom stereocenters. The number of hydrogen-bond donors (Lipinski definition) is 0. The van der Waals surface area contributed by atoms with Crippen LogP contribution in [0.25, 0.3) is 0 Å². The van der Waals surface area contributed by atoms with E-state index in [1.54, 1.807) is 6.07 Å². The van der Waals surface area contributed by atoms with Crippen LogP contribution >= 0.6 is 31.9 Å². The second kappa shape index (κ2) is 7.00. The molecule has 0 saturated heterocycles.